The van der Waals surface area contributed by atoms with Crippen LogP contribution in [0.15, 0.2) is 60.2 Å². The summed E-state index contributed by atoms with van der Waals surface area (Å²) in [5.41, 5.74) is 5.05. The van der Waals surface area contributed by atoms with Crippen LogP contribution in [0.5, 0.6) is 5.75 Å². The van der Waals surface area contributed by atoms with Crippen molar-refractivity contribution in [3.8, 4) is 5.75 Å². The molecule has 0 fully saturated rings. The highest BCUT2D eigenvalue weighted by atomic mass is 16.5. The number of rotatable bonds is 5. The third-order valence-corrected chi connectivity index (χ3v) is 4.99. The van der Waals surface area contributed by atoms with Crippen molar-refractivity contribution in [1.29, 1.82) is 0 Å². The minimum atomic E-state index is -0.328. The number of allylic oxidation sites excluding steroid dienone is 2. The molecule has 0 aliphatic heterocycles. The fourth-order valence-electron chi connectivity index (χ4n) is 3.72. The standard InChI is InChI=1S/C24H27NO3/c1-25(2)16-21-11-10-18(14-23(21)19-7-5-9-22(26)15-19)12-17-6-4-8-20(13-17)24(27)28-3/h4-9,12-15,21,26H,10-11,16H2,1-3H3/b18-12-. The van der Waals surface area contributed by atoms with E-state index in [0.29, 0.717) is 11.5 Å². The third-order valence-electron chi connectivity index (χ3n) is 4.99. The predicted octanol–water partition coefficient (Wildman–Crippen LogP) is 4.62. The Hall–Kier alpha value is -2.85. The molecule has 0 saturated heterocycles. The summed E-state index contributed by atoms with van der Waals surface area (Å²) >= 11 is 0. The molecule has 0 heterocycles. The van der Waals surface area contributed by atoms with Gasteiger partial charge in [0, 0.05) is 6.54 Å². The number of carbonyl (C=O) groups excluding carboxylic acids is 1. The van der Waals surface area contributed by atoms with Crippen molar-refractivity contribution in [2.75, 3.05) is 27.7 Å². The first-order valence-corrected chi connectivity index (χ1v) is 9.51. The van der Waals surface area contributed by atoms with E-state index in [9.17, 15) is 9.90 Å². The van der Waals surface area contributed by atoms with Gasteiger partial charge in [-0.25, -0.2) is 4.79 Å². The van der Waals surface area contributed by atoms with E-state index >= 15 is 0 Å². The summed E-state index contributed by atoms with van der Waals surface area (Å²) in [4.78, 5) is 14.0. The summed E-state index contributed by atoms with van der Waals surface area (Å²) in [5, 5.41) is 9.92. The number of methoxy groups -OCH3 is 1. The van der Waals surface area contributed by atoms with Crippen LogP contribution in [0.1, 0.15) is 34.3 Å². The molecule has 1 N–H and O–H groups in total. The lowest BCUT2D eigenvalue weighted by molar-refractivity contribution is 0.0600. The van der Waals surface area contributed by atoms with E-state index in [2.05, 4.69) is 37.2 Å². The predicted molar refractivity (Wildman–Crippen MR) is 113 cm³/mol. The lowest BCUT2D eigenvalue weighted by Gasteiger charge is -2.28. The molecule has 2 aromatic carbocycles. The van der Waals surface area contributed by atoms with Gasteiger partial charge in [0.05, 0.1) is 12.7 Å². The summed E-state index contributed by atoms with van der Waals surface area (Å²) in [6.07, 6.45) is 6.38. The Morgan fingerprint density at radius 1 is 1.21 bits per heavy atom. The first kappa shape index (κ1) is 19.9. The van der Waals surface area contributed by atoms with Gasteiger partial charge in [-0.1, -0.05) is 36.4 Å². The molecule has 3 rings (SSSR count). The van der Waals surface area contributed by atoms with Gasteiger partial charge in [-0.05, 0) is 79.4 Å². The number of aromatic hydroxyl groups is 1. The number of benzene rings is 2. The highest BCUT2D eigenvalue weighted by Gasteiger charge is 2.22. The van der Waals surface area contributed by atoms with E-state index in [1.165, 1.54) is 18.3 Å². The number of hydrogen-bond donors (Lipinski definition) is 1. The lowest BCUT2D eigenvalue weighted by atomic mass is 9.81. The number of carbonyl (C=O) groups is 1. The quantitative estimate of drug-likeness (QED) is 0.773. The number of phenols is 1. The van der Waals surface area contributed by atoms with Crippen molar-refractivity contribution in [3.63, 3.8) is 0 Å². The van der Waals surface area contributed by atoms with Crippen LogP contribution in [-0.2, 0) is 4.74 Å². The second-order valence-corrected chi connectivity index (χ2v) is 7.48. The van der Waals surface area contributed by atoms with E-state index in [0.717, 1.165) is 30.5 Å². The summed E-state index contributed by atoms with van der Waals surface area (Å²) in [5.74, 6) is 0.366. The molecule has 1 aliphatic carbocycles. The maximum absolute atomic E-state index is 11.8. The maximum atomic E-state index is 11.8. The van der Waals surface area contributed by atoms with Crippen LogP contribution >= 0.6 is 0 Å². The molecule has 146 valence electrons. The summed E-state index contributed by atoms with van der Waals surface area (Å²) in [6, 6.07) is 14.9. The van der Waals surface area contributed by atoms with Crippen molar-refractivity contribution in [3.05, 3.63) is 76.9 Å². The van der Waals surface area contributed by atoms with Gasteiger partial charge in [0.25, 0.3) is 0 Å². The summed E-state index contributed by atoms with van der Waals surface area (Å²) in [6.45, 7) is 0.965. The van der Waals surface area contributed by atoms with E-state index in [1.54, 1.807) is 12.1 Å². The fourth-order valence-corrected chi connectivity index (χ4v) is 3.72. The van der Waals surface area contributed by atoms with Crippen molar-refractivity contribution < 1.29 is 14.6 Å². The third kappa shape index (κ3) is 4.90. The van der Waals surface area contributed by atoms with E-state index in [-0.39, 0.29) is 11.7 Å². The Morgan fingerprint density at radius 2 is 2.00 bits per heavy atom. The molecule has 0 saturated carbocycles. The number of ether oxygens (including phenoxy) is 1. The van der Waals surface area contributed by atoms with Gasteiger partial charge in [0.1, 0.15) is 5.75 Å². The Morgan fingerprint density at radius 3 is 2.71 bits per heavy atom. The van der Waals surface area contributed by atoms with Gasteiger partial charge < -0.3 is 14.7 Å². The Labute approximate surface area is 166 Å². The molecule has 0 bridgehead atoms. The molecule has 0 amide bonds. The largest absolute Gasteiger partial charge is 0.508 e. The smallest absolute Gasteiger partial charge is 0.337 e. The van der Waals surface area contributed by atoms with E-state index in [4.69, 9.17) is 4.74 Å². The molecular formula is C24H27NO3. The molecule has 0 radical (unpaired) electrons. The topological polar surface area (TPSA) is 49.8 Å². The number of nitrogens with zero attached hydrogens (tertiary/aromatic N) is 1. The van der Waals surface area contributed by atoms with Crippen LogP contribution in [-0.4, -0.2) is 43.7 Å². The maximum Gasteiger partial charge on any atom is 0.337 e. The molecule has 2 aromatic rings. The Kier molecular flexibility index (Phi) is 6.32. The van der Waals surface area contributed by atoms with Gasteiger partial charge in [-0.15, -0.1) is 0 Å². The second-order valence-electron chi connectivity index (χ2n) is 7.48. The highest BCUT2D eigenvalue weighted by Crippen LogP contribution is 2.36. The molecule has 28 heavy (non-hydrogen) atoms. The summed E-state index contributed by atoms with van der Waals surface area (Å²) < 4.78 is 4.82. The van der Waals surface area contributed by atoms with Crippen LogP contribution in [0.3, 0.4) is 0 Å². The first-order valence-electron chi connectivity index (χ1n) is 9.51. The minimum absolute atomic E-state index is 0.281. The van der Waals surface area contributed by atoms with Crippen LogP contribution in [0.25, 0.3) is 11.6 Å². The van der Waals surface area contributed by atoms with Crippen LogP contribution in [0, 0.1) is 5.92 Å². The van der Waals surface area contributed by atoms with Crippen molar-refractivity contribution in [1.82, 2.24) is 4.90 Å². The zero-order chi connectivity index (χ0) is 20.1. The average molecular weight is 377 g/mol. The van der Waals surface area contributed by atoms with Gasteiger partial charge in [0.2, 0.25) is 0 Å². The molecule has 0 aromatic heterocycles. The fraction of sp³-hybridized carbons (Fsp3) is 0.292. The van der Waals surface area contributed by atoms with E-state index in [1.807, 2.05) is 30.3 Å². The lowest BCUT2D eigenvalue weighted by Crippen LogP contribution is -2.24. The summed E-state index contributed by atoms with van der Waals surface area (Å²) in [7, 11) is 5.57. The number of hydrogen-bond acceptors (Lipinski definition) is 4. The molecule has 1 unspecified atom stereocenters. The molecule has 1 aliphatic rings. The molecule has 4 heteroatoms. The van der Waals surface area contributed by atoms with Crippen LogP contribution < -0.4 is 0 Å². The van der Waals surface area contributed by atoms with Gasteiger partial charge in [0.15, 0.2) is 0 Å². The van der Waals surface area contributed by atoms with Gasteiger partial charge >= 0.3 is 5.97 Å². The zero-order valence-corrected chi connectivity index (χ0v) is 16.7. The Bertz CT molecular complexity index is 912. The minimum Gasteiger partial charge on any atom is -0.508 e. The molecular weight excluding hydrogens is 350 g/mol. The molecule has 4 nitrogen and oxygen atoms in total. The van der Waals surface area contributed by atoms with Crippen LogP contribution in [0.2, 0.25) is 0 Å². The van der Waals surface area contributed by atoms with Crippen molar-refractivity contribution in [2.24, 2.45) is 5.92 Å². The van der Waals surface area contributed by atoms with Crippen molar-refractivity contribution in [2.45, 2.75) is 12.8 Å². The molecule has 1 atom stereocenters. The number of phenolic OH excluding ortho intramolecular Hbond substituents is 1. The van der Waals surface area contributed by atoms with Crippen molar-refractivity contribution >= 4 is 17.6 Å². The van der Waals surface area contributed by atoms with Gasteiger partial charge in [-0.2, -0.15) is 0 Å². The van der Waals surface area contributed by atoms with Gasteiger partial charge in [-0.3, -0.25) is 0 Å². The average Bonchev–Trinajstić information content (AvgIpc) is 2.68. The normalized spacial score (nSPS) is 18.2. The van der Waals surface area contributed by atoms with Crippen LogP contribution in [0.4, 0.5) is 0 Å². The SMILES string of the molecule is COC(=O)c1cccc(/C=C2\C=C(c3cccc(O)c3)C(CN(C)C)CC2)c1. The molecule has 0 spiro atoms. The van der Waals surface area contributed by atoms with E-state index < -0.39 is 0 Å². The Balaban J connectivity index is 1.97. The first-order chi connectivity index (χ1) is 13.5. The highest BCUT2D eigenvalue weighted by molar-refractivity contribution is 5.90. The number of esters is 1. The zero-order valence-electron chi connectivity index (χ0n) is 16.7. The monoisotopic (exact) mass is 377 g/mol. The second kappa shape index (κ2) is 8.89.